The zero-order valence-electron chi connectivity index (χ0n) is 13.3. The molecule has 2 aliphatic rings. The Balaban J connectivity index is 1.58. The monoisotopic (exact) mass is 301 g/mol. The van der Waals surface area contributed by atoms with Crippen LogP contribution in [-0.4, -0.2) is 23.7 Å². The molecule has 2 fully saturated rings. The number of carbonyl (C=O) groups is 1. The normalized spacial score (nSPS) is 27.6. The third-order valence-electron chi connectivity index (χ3n) is 5.75. The summed E-state index contributed by atoms with van der Waals surface area (Å²) in [5.41, 5.74) is 1.77. The Kier molecular flexibility index (Phi) is 4.82. The van der Waals surface area contributed by atoms with Crippen LogP contribution in [-0.2, 0) is 10.2 Å². The summed E-state index contributed by atoms with van der Waals surface area (Å²) < 4.78 is 0. The van der Waals surface area contributed by atoms with Crippen LogP contribution in [0.1, 0.15) is 56.9 Å². The first-order valence-electron chi connectivity index (χ1n) is 8.71. The predicted molar refractivity (Wildman–Crippen MR) is 88.0 cm³/mol. The highest BCUT2D eigenvalue weighted by molar-refractivity contribution is 5.70. The van der Waals surface area contributed by atoms with E-state index in [2.05, 4.69) is 35.6 Å². The van der Waals surface area contributed by atoms with Crippen molar-refractivity contribution in [1.29, 1.82) is 0 Å². The summed E-state index contributed by atoms with van der Waals surface area (Å²) in [7, 11) is 0. The van der Waals surface area contributed by atoms with Gasteiger partial charge in [0.05, 0.1) is 5.92 Å². The Morgan fingerprint density at radius 2 is 1.73 bits per heavy atom. The van der Waals surface area contributed by atoms with Gasteiger partial charge < -0.3 is 10.4 Å². The lowest BCUT2D eigenvalue weighted by Crippen LogP contribution is -2.43. The topological polar surface area (TPSA) is 49.3 Å². The zero-order chi connectivity index (χ0) is 15.4. The molecule has 120 valence electrons. The summed E-state index contributed by atoms with van der Waals surface area (Å²) in [6.07, 6.45) is 8.84. The maximum Gasteiger partial charge on any atom is 0.306 e. The van der Waals surface area contributed by atoms with Crippen LogP contribution >= 0.6 is 0 Å². The van der Waals surface area contributed by atoms with E-state index in [9.17, 15) is 4.79 Å². The molecule has 0 saturated heterocycles. The van der Waals surface area contributed by atoms with Crippen LogP contribution in [0.4, 0.5) is 0 Å². The molecular weight excluding hydrogens is 274 g/mol. The molecule has 1 aromatic rings. The van der Waals surface area contributed by atoms with E-state index in [1.807, 2.05) is 0 Å². The van der Waals surface area contributed by atoms with Crippen molar-refractivity contribution in [1.82, 2.24) is 5.32 Å². The summed E-state index contributed by atoms with van der Waals surface area (Å²) >= 11 is 0. The average molecular weight is 301 g/mol. The molecule has 0 radical (unpaired) electrons. The number of carboxylic acids is 1. The lowest BCUT2D eigenvalue weighted by atomic mass is 9.78. The molecule has 0 bridgehead atoms. The van der Waals surface area contributed by atoms with Crippen LogP contribution < -0.4 is 5.32 Å². The van der Waals surface area contributed by atoms with Crippen LogP contribution in [0.15, 0.2) is 30.3 Å². The van der Waals surface area contributed by atoms with E-state index in [0.29, 0.717) is 11.5 Å². The van der Waals surface area contributed by atoms with Gasteiger partial charge in [-0.1, -0.05) is 43.2 Å². The maximum absolute atomic E-state index is 11.0. The molecule has 0 aliphatic heterocycles. The van der Waals surface area contributed by atoms with Crippen molar-refractivity contribution in [3.05, 3.63) is 35.9 Å². The van der Waals surface area contributed by atoms with Crippen molar-refractivity contribution in [3.63, 3.8) is 0 Å². The summed E-state index contributed by atoms with van der Waals surface area (Å²) in [4.78, 5) is 11.0. The predicted octanol–water partition coefficient (Wildman–Crippen LogP) is 3.73. The van der Waals surface area contributed by atoms with E-state index in [-0.39, 0.29) is 5.92 Å². The van der Waals surface area contributed by atoms with Crippen molar-refractivity contribution < 1.29 is 9.90 Å². The van der Waals surface area contributed by atoms with Crippen molar-refractivity contribution in [2.45, 2.75) is 62.8 Å². The Bertz CT molecular complexity index is 485. The third kappa shape index (κ3) is 3.35. The fourth-order valence-corrected chi connectivity index (χ4v) is 4.30. The van der Waals surface area contributed by atoms with Crippen molar-refractivity contribution >= 4 is 5.97 Å². The molecule has 0 atom stereocenters. The second-order valence-corrected chi connectivity index (χ2v) is 7.12. The number of hydrogen-bond donors (Lipinski definition) is 2. The summed E-state index contributed by atoms with van der Waals surface area (Å²) in [5.74, 6) is -0.734. The van der Waals surface area contributed by atoms with E-state index in [4.69, 9.17) is 5.11 Å². The molecule has 22 heavy (non-hydrogen) atoms. The first kappa shape index (κ1) is 15.5. The van der Waals surface area contributed by atoms with Crippen LogP contribution in [0.3, 0.4) is 0 Å². The molecule has 2 saturated carbocycles. The molecule has 0 heterocycles. The second kappa shape index (κ2) is 6.82. The SMILES string of the molecule is O=C(O)C1CCC(NCC2(c3ccccc3)CCCC2)CC1. The highest BCUT2D eigenvalue weighted by atomic mass is 16.4. The summed E-state index contributed by atoms with van der Waals surface area (Å²) in [6, 6.07) is 11.4. The van der Waals surface area contributed by atoms with E-state index in [0.717, 1.165) is 32.2 Å². The van der Waals surface area contributed by atoms with Gasteiger partial charge in [-0.15, -0.1) is 0 Å². The first-order valence-corrected chi connectivity index (χ1v) is 8.71. The van der Waals surface area contributed by atoms with E-state index >= 15 is 0 Å². The smallest absolute Gasteiger partial charge is 0.306 e. The number of nitrogens with one attached hydrogen (secondary N) is 1. The van der Waals surface area contributed by atoms with Gasteiger partial charge in [-0.25, -0.2) is 0 Å². The minimum atomic E-state index is -0.616. The Morgan fingerprint density at radius 1 is 1.09 bits per heavy atom. The van der Waals surface area contributed by atoms with Crippen molar-refractivity contribution in [2.75, 3.05) is 6.54 Å². The quantitative estimate of drug-likeness (QED) is 0.871. The zero-order valence-corrected chi connectivity index (χ0v) is 13.3. The van der Waals surface area contributed by atoms with Crippen LogP contribution in [0.5, 0.6) is 0 Å². The van der Waals surface area contributed by atoms with Crippen molar-refractivity contribution in [2.24, 2.45) is 5.92 Å². The molecule has 3 heteroatoms. The molecule has 2 N–H and O–H groups in total. The number of rotatable bonds is 5. The van der Waals surface area contributed by atoms with Crippen LogP contribution in [0.2, 0.25) is 0 Å². The van der Waals surface area contributed by atoms with Crippen molar-refractivity contribution in [3.8, 4) is 0 Å². The van der Waals surface area contributed by atoms with Gasteiger partial charge in [0.25, 0.3) is 0 Å². The van der Waals surface area contributed by atoms with E-state index < -0.39 is 5.97 Å². The average Bonchev–Trinajstić information content (AvgIpc) is 3.04. The van der Waals surface area contributed by atoms with Gasteiger partial charge in [0.15, 0.2) is 0 Å². The molecule has 1 aromatic carbocycles. The minimum absolute atomic E-state index is 0.118. The van der Waals surface area contributed by atoms with Gasteiger partial charge in [0, 0.05) is 18.0 Å². The number of hydrogen-bond acceptors (Lipinski definition) is 2. The molecule has 0 amide bonds. The van der Waals surface area contributed by atoms with E-state index in [1.165, 1.54) is 31.2 Å². The van der Waals surface area contributed by atoms with Gasteiger partial charge >= 0.3 is 5.97 Å². The van der Waals surface area contributed by atoms with Crippen LogP contribution in [0.25, 0.3) is 0 Å². The van der Waals surface area contributed by atoms with Gasteiger partial charge in [-0.05, 0) is 44.1 Å². The number of aliphatic carboxylic acids is 1. The molecular formula is C19H27NO2. The summed E-state index contributed by atoms with van der Waals surface area (Å²) in [5, 5.41) is 12.9. The Hall–Kier alpha value is -1.35. The number of carboxylic acid groups (broad SMARTS) is 1. The van der Waals surface area contributed by atoms with Gasteiger partial charge in [0.2, 0.25) is 0 Å². The van der Waals surface area contributed by atoms with E-state index in [1.54, 1.807) is 0 Å². The summed E-state index contributed by atoms with van der Waals surface area (Å²) in [6.45, 7) is 1.04. The molecule has 3 rings (SSSR count). The lowest BCUT2D eigenvalue weighted by molar-refractivity contribution is -0.142. The van der Waals surface area contributed by atoms with Gasteiger partial charge in [-0.2, -0.15) is 0 Å². The molecule has 2 aliphatic carbocycles. The first-order chi connectivity index (χ1) is 10.7. The maximum atomic E-state index is 11.0. The standard InChI is InChI=1S/C19H27NO2/c21-18(22)15-8-10-17(11-9-15)20-14-19(12-4-5-13-19)16-6-2-1-3-7-16/h1-3,6-7,15,17,20H,4-5,8-14H2,(H,21,22). The highest BCUT2D eigenvalue weighted by Crippen LogP contribution is 2.40. The largest absolute Gasteiger partial charge is 0.481 e. The Labute approximate surface area is 133 Å². The Morgan fingerprint density at radius 3 is 2.32 bits per heavy atom. The molecule has 0 unspecified atom stereocenters. The van der Waals surface area contributed by atoms with Crippen LogP contribution in [0, 0.1) is 5.92 Å². The van der Waals surface area contributed by atoms with Gasteiger partial charge in [-0.3, -0.25) is 4.79 Å². The highest BCUT2D eigenvalue weighted by Gasteiger charge is 2.36. The fourth-order valence-electron chi connectivity index (χ4n) is 4.30. The fraction of sp³-hybridized carbons (Fsp3) is 0.632. The third-order valence-corrected chi connectivity index (χ3v) is 5.75. The lowest BCUT2D eigenvalue weighted by Gasteiger charge is -2.34. The number of benzene rings is 1. The second-order valence-electron chi connectivity index (χ2n) is 7.12. The molecule has 0 spiro atoms. The minimum Gasteiger partial charge on any atom is -0.481 e. The molecule has 0 aromatic heterocycles. The molecule has 3 nitrogen and oxygen atoms in total. The van der Waals surface area contributed by atoms with Gasteiger partial charge in [0.1, 0.15) is 0 Å².